The van der Waals surface area contributed by atoms with Crippen molar-refractivity contribution < 1.29 is 14.3 Å². The van der Waals surface area contributed by atoms with Crippen molar-refractivity contribution in [1.82, 2.24) is 0 Å². The molecule has 0 heterocycles. The number of carbonyl (C=O) groups is 1. The molecule has 0 amide bonds. The fourth-order valence-electron chi connectivity index (χ4n) is 1.52. The van der Waals surface area contributed by atoms with Crippen LogP contribution in [-0.4, -0.2) is 19.7 Å². The maximum absolute atomic E-state index is 11.2. The van der Waals surface area contributed by atoms with Gasteiger partial charge in [-0.2, -0.15) is 0 Å². The SMILES string of the molecule is CCOC(=O)CCC(N)c1ccc(OC)cc1. The maximum Gasteiger partial charge on any atom is 0.305 e. The third-order valence-corrected chi connectivity index (χ3v) is 2.51. The molecule has 1 aromatic carbocycles. The van der Waals surface area contributed by atoms with Gasteiger partial charge in [-0.05, 0) is 31.0 Å². The Morgan fingerprint density at radius 1 is 1.35 bits per heavy atom. The highest BCUT2D eigenvalue weighted by molar-refractivity contribution is 5.69. The summed E-state index contributed by atoms with van der Waals surface area (Å²) in [7, 11) is 1.62. The van der Waals surface area contributed by atoms with E-state index in [0.717, 1.165) is 11.3 Å². The zero-order chi connectivity index (χ0) is 12.7. The second-order valence-corrected chi connectivity index (χ2v) is 3.72. The van der Waals surface area contributed by atoms with Gasteiger partial charge in [0, 0.05) is 12.5 Å². The number of hydrogen-bond donors (Lipinski definition) is 1. The number of benzene rings is 1. The minimum Gasteiger partial charge on any atom is -0.497 e. The molecule has 0 saturated carbocycles. The van der Waals surface area contributed by atoms with Gasteiger partial charge in [-0.15, -0.1) is 0 Å². The number of carbonyl (C=O) groups excluding carboxylic acids is 1. The van der Waals surface area contributed by atoms with Crippen molar-refractivity contribution in [3.8, 4) is 5.75 Å². The van der Waals surface area contributed by atoms with E-state index in [0.29, 0.717) is 19.4 Å². The first kappa shape index (κ1) is 13.5. The molecule has 0 bridgehead atoms. The molecule has 4 nitrogen and oxygen atoms in total. The van der Waals surface area contributed by atoms with Crippen LogP contribution < -0.4 is 10.5 Å². The van der Waals surface area contributed by atoms with Gasteiger partial charge in [0.2, 0.25) is 0 Å². The lowest BCUT2D eigenvalue weighted by Gasteiger charge is -2.12. The quantitative estimate of drug-likeness (QED) is 0.769. The summed E-state index contributed by atoms with van der Waals surface area (Å²) in [6.07, 6.45) is 0.937. The van der Waals surface area contributed by atoms with Crippen LogP contribution in [0.3, 0.4) is 0 Å². The Kier molecular flexibility index (Phi) is 5.49. The third-order valence-electron chi connectivity index (χ3n) is 2.51. The molecule has 0 fully saturated rings. The van der Waals surface area contributed by atoms with Crippen LogP contribution in [-0.2, 0) is 9.53 Å². The van der Waals surface area contributed by atoms with Gasteiger partial charge < -0.3 is 15.2 Å². The van der Waals surface area contributed by atoms with E-state index < -0.39 is 0 Å². The zero-order valence-corrected chi connectivity index (χ0v) is 10.3. The molecule has 0 aliphatic rings. The molecular weight excluding hydrogens is 218 g/mol. The molecular formula is C13H19NO3. The van der Waals surface area contributed by atoms with Gasteiger partial charge in [0.05, 0.1) is 13.7 Å². The second-order valence-electron chi connectivity index (χ2n) is 3.72. The molecule has 94 valence electrons. The minimum absolute atomic E-state index is 0.148. The van der Waals surface area contributed by atoms with Crippen LogP contribution in [0.1, 0.15) is 31.4 Å². The molecule has 1 atom stereocenters. The monoisotopic (exact) mass is 237 g/mol. The molecule has 17 heavy (non-hydrogen) atoms. The predicted molar refractivity (Wildman–Crippen MR) is 65.8 cm³/mol. The van der Waals surface area contributed by atoms with Crippen LogP contribution in [0.4, 0.5) is 0 Å². The van der Waals surface area contributed by atoms with E-state index >= 15 is 0 Å². The van der Waals surface area contributed by atoms with Gasteiger partial charge in [0.15, 0.2) is 0 Å². The van der Waals surface area contributed by atoms with E-state index in [1.54, 1.807) is 14.0 Å². The molecule has 1 aromatic rings. The smallest absolute Gasteiger partial charge is 0.305 e. The number of nitrogens with two attached hydrogens (primary N) is 1. The minimum atomic E-state index is -0.198. The fourth-order valence-corrected chi connectivity index (χ4v) is 1.52. The van der Waals surface area contributed by atoms with Crippen molar-refractivity contribution in [2.75, 3.05) is 13.7 Å². The van der Waals surface area contributed by atoms with E-state index in [1.807, 2.05) is 24.3 Å². The van der Waals surface area contributed by atoms with E-state index in [9.17, 15) is 4.79 Å². The largest absolute Gasteiger partial charge is 0.497 e. The highest BCUT2D eigenvalue weighted by atomic mass is 16.5. The third kappa shape index (κ3) is 4.44. The number of rotatable bonds is 6. The summed E-state index contributed by atoms with van der Waals surface area (Å²) in [6, 6.07) is 7.40. The van der Waals surface area contributed by atoms with Crippen molar-refractivity contribution in [3.63, 3.8) is 0 Å². The lowest BCUT2D eigenvalue weighted by atomic mass is 10.0. The predicted octanol–water partition coefficient (Wildman–Crippen LogP) is 2.04. The Morgan fingerprint density at radius 3 is 2.53 bits per heavy atom. The van der Waals surface area contributed by atoms with Crippen molar-refractivity contribution in [2.45, 2.75) is 25.8 Å². The Balaban J connectivity index is 2.46. The molecule has 1 unspecified atom stereocenters. The van der Waals surface area contributed by atoms with Crippen molar-refractivity contribution >= 4 is 5.97 Å². The summed E-state index contributed by atoms with van der Waals surface area (Å²) >= 11 is 0. The molecule has 1 rings (SSSR count). The molecule has 0 aliphatic carbocycles. The standard InChI is InChI=1S/C13H19NO3/c1-3-17-13(15)9-8-12(14)10-4-6-11(16-2)7-5-10/h4-7,12H,3,8-9,14H2,1-2H3. The highest BCUT2D eigenvalue weighted by Crippen LogP contribution is 2.19. The van der Waals surface area contributed by atoms with Crippen LogP contribution >= 0.6 is 0 Å². The number of ether oxygens (including phenoxy) is 2. The topological polar surface area (TPSA) is 61.5 Å². The molecule has 0 spiro atoms. The first-order valence-electron chi connectivity index (χ1n) is 5.72. The van der Waals surface area contributed by atoms with Gasteiger partial charge in [0.1, 0.15) is 5.75 Å². The Bertz CT molecular complexity index is 348. The fraction of sp³-hybridized carbons (Fsp3) is 0.462. The van der Waals surface area contributed by atoms with E-state index in [-0.39, 0.29) is 12.0 Å². The first-order chi connectivity index (χ1) is 8.17. The molecule has 0 radical (unpaired) electrons. The van der Waals surface area contributed by atoms with Gasteiger partial charge in [0.25, 0.3) is 0 Å². The van der Waals surface area contributed by atoms with E-state index in [2.05, 4.69) is 0 Å². The average molecular weight is 237 g/mol. The number of hydrogen-bond acceptors (Lipinski definition) is 4. The summed E-state index contributed by atoms with van der Waals surface area (Å²) in [5.41, 5.74) is 6.98. The molecule has 0 aliphatic heterocycles. The Labute approximate surface area is 102 Å². The summed E-state index contributed by atoms with van der Waals surface area (Å²) in [5.74, 6) is 0.600. The summed E-state index contributed by atoms with van der Waals surface area (Å²) in [6.45, 7) is 2.21. The van der Waals surface area contributed by atoms with Gasteiger partial charge in [-0.3, -0.25) is 4.79 Å². The lowest BCUT2D eigenvalue weighted by molar-refractivity contribution is -0.143. The first-order valence-corrected chi connectivity index (χ1v) is 5.72. The van der Waals surface area contributed by atoms with Crippen LogP contribution in [0.2, 0.25) is 0 Å². The van der Waals surface area contributed by atoms with Crippen LogP contribution in [0.15, 0.2) is 24.3 Å². The van der Waals surface area contributed by atoms with Crippen molar-refractivity contribution in [2.24, 2.45) is 5.73 Å². The second kappa shape index (κ2) is 6.91. The van der Waals surface area contributed by atoms with Crippen molar-refractivity contribution in [3.05, 3.63) is 29.8 Å². The number of esters is 1. The van der Waals surface area contributed by atoms with E-state index in [4.69, 9.17) is 15.2 Å². The molecule has 0 saturated heterocycles. The Hall–Kier alpha value is -1.55. The summed E-state index contributed by atoms with van der Waals surface area (Å²) in [5, 5.41) is 0. The highest BCUT2D eigenvalue weighted by Gasteiger charge is 2.09. The summed E-state index contributed by atoms with van der Waals surface area (Å²) in [4.78, 5) is 11.2. The molecule has 0 aromatic heterocycles. The Morgan fingerprint density at radius 2 is 2.00 bits per heavy atom. The average Bonchev–Trinajstić information content (AvgIpc) is 2.36. The maximum atomic E-state index is 11.2. The van der Waals surface area contributed by atoms with Gasteiger partial charge in [-0.25, -0.2) is 0 Å². The van der Waals surface area contributed by atoms with Crippen LogP contribution in [0.5, 0.6) is 5.75 Å². The van der Waals surface area contributed by atoms with Gasteiger partial charge in [-0.1, -0.05) is 12.1 Å². The number of methoxy groups -OCH3 is 1. The molecule has 4 heteroatoms. The van der Waals surface area contributed by atoms with Gasteiger partial charge >= 0.3 is 5.97 Å². The summed E-state index contributed by atoms with van der Waals surface area (Å²) < 4.78 is 9.91. The van der Waals surface area contributed by atoms with E-state index in [1.165, 1.54) is 0 Å². The van der Waals surface area contributed by atoms with Crippen LogP contribution in [0.25, 0.3) is 0 Å². The lowest BCUT2D eigenvalue weighted by Crippen LogP contribution is -2.13. The van der Waals surface area contributed by atoms with Crippen LogP contribution in [0, 0.1) is 0 Å². The zero-order valence-electron chi connectivity index (χ0n) is 10.3. The normalized spacial score (nSPS) is 11.9. The molecule has 2 N–H and O–H groups in total. The van der Waals surface area contributed by atoms with Crippen molar-refractivity contribution in [1.29, 1.82) is 0 Å².